The molecule has 0 spiro atoms. The van der Waals surface area contributed by atoms with Gasteiger partial charge in [-0.05, 0) is 24.3 Å². The number of sulfonamides is 1. The fourth-order valence-electron chi connectivity index (χ4n) is 1.13. The smallest absolute Gasteiger partial charge is 0.225 e. The predicted molar refractivity (Wildman–Crippen MR) is 52.7 cm³/mol. The molecule has 0 bridgehead atoms. The Hall–Kier alpha value is -1.73. The molecule has 0 amide bonds. The van der Waals surface area contributed by atoms with Crippen molar-refractivity contribution in [1.82, 2.24) is 14.8 Å². The van der Waals surface area contributed by atoms with Crippen molar-refractivity contribution in [3.8, 4) is 5.69 Å². The summed E-state index contributed by atoms with van der Waals surface area (Å²) in [5.74, 6) is 0. The van der Waals surface area contributed by atoms with Crippen LogP contribution >= 0.6 is 0 Å². The molecule has 0 unspecified atom stereocenters. The van der Waals surface area contributed by atoms with Crippen molar-refractivity contribution in [2.75, 3.05) is 0 Å². The lowest BCUT2D eigenvalue weighted by Crippen LogP contribution is -2.12. The van der Waals surface area contributed by atoms with Gasteiger partial charge in [0.05, 0.1) is 10.6 Å². The topological polar surface area (TPSA) is 90.9 Å². The normalized spacial score (nSPS) is 11.5. The number of rotatable bonds is 2. The van der Waals surface area contributed by atoms with Crippen molar-refractivity contribution >= 4 is 10.0 Å². The van der Waals surface area contributed by atoms with Crippen LogP contribution in [0.1, 0.15) is 0 Å². The zero-order chi connectivity index (χ0) is 10.9. The van der Waals surface area contributed by atoms with Crippen LogP contribution in [0.4, 0.5) is 0 Å². The van der Waals surface area contributed by atoms with Crippen LogP contribution in [0.25, 0.3) is 5.69 Å². The maximum absolute atomic E-state index is 11.0. The minimum absolute atomic E-state index is 0.0753. The number of benzene rings is 1. The Morgan fingerprint density at radius 1 is 1.20 bits per heavy atom. The van der Waals surface area contributed by atoms with Gasteiger partial charge in [-0.15, -0.1) is 0 Å². The van der Waals surface area contributed by atoms with Gasteiger partial charge in [0.25, 0.3) is 0 Å². The highest BCUT2D eigenvalue weighted by Gasteiger charge is 2.06. The van der Waals surface area contributed by atoms with Gasteiger partial charge in [0.2, 0.25) is 10.0 Å². The monoisotopic (exact) mass is 224 g/mol. The lowest BCUT2D eigenvalue weighted by Gasteiger charge is -2.01. The van der Waals surface area contributed by atoms with Gasteiger partial charge in [-0.3, -0.25) is 0 Å². The third-order valence-corrected chi connectivity index (χ3v) is 2.78. The Kier molecular flexibility index (Phi) is 2.25. The molecule has 1 aromatic heterocycles. The Morgan fingerprint density at radius 2 is 1.87 bits per heavy atom. The number of hydrogen-bond acceptors (Lipinski definition) is 4. The molecule has 1 aromatic carbocycles. The first-order valence-corrected chi connectivity index (χ1v) is 5.60. The van der Waals surface area contributed by atoms with E-state index in [4.69, 9.17) is 5.14 Å². The number of aromatic nitrogens is 3. The minimum Gasteiger partial charge on any atom is -0.225 e. The molecule has 7 heteroatoms. The van der Waals surface area contributed by atoms with Gasteiger partial charge in [-0.1, -0.05) is 0 Å². The summed E-state index contributed by atoms with van der Waals surface area (Å²) >= 11 is 0. The molecule has 2 N–H and O–H groups in total. The summed E-state index contributed by atoms with van der Waals surface area (Å²) in [6, 6.07) is 6.06. The van der Waals surface area contributed by atoms with Gasteiger partial charge < -0.3 is 0 Å². The lowest BCUT2D eigenvalue weighted by molar-refractivity contribution is 0.598. The second-order valence-corrected chi connectivity index (χ2v) is 4.44. The van der Waals surface area contributed by atoms with Crippen LogP contribution in [-0.2, 0) is 10.0 Å². The van der Waals surface area contributed by atoms with Crippen molar-refractivity contribution in [2.24, 2.45) is 5.14 Å². The van der Waals surface area contributed by atoms with E-state index in [9.17, 15) is 8.42 Å². The lowest BCUT2D eigenvalue weighted by atomic mass is 10.3. The minimum atomic E-state index is -3.63. The molecule has 0 saturated heterocycles. The van der Waals surface area contributed by atoms with Crippen molar-refractivity contribution in [1.29, 1.82) is 0 Å². The number of nitrogens with two attached hydrogens (primary N) is 1. The highest BCUT2D eigenvalue weighted by molar-refractivity contribution is 7.89. The van der Waals surface area contributed by atoms with Crippen molar-refractivity contribution in [3.63, 3.8) is 0 Å². The molecule has 1 heterocycles. The fourth-order valence-corrected chi connectivity index (χ4v) is 1.65. The molecule has 6 nitrogen and oxygen atoms in total. The fraction of sp³-hybridized carbons (Fsp3) is 0. The summed E-state index contributed by atoms with van der Waals surface area (Å²) < 4.78 is 23.5. The third-order valence-electron chi connectivity index (χ3n) is 1.85. The molecule has 2 rings (SSSR count). The first-order valence-electron chi connectivity index (χ1n) is 4.05. The summed E-state index contributed by atoms with van der Waals surface area (Å²) in [6.45, 7) is 0. The second kappa shape index (κ2) is 3.44. The van der Waals surface area contributed by atoms with Gasteiger partial charge in [-0.2, -0.15) is 5.10 Å². The van der Waals surface area contributed by atoms with E-state index in [1.807, 2.05) is 0 Å². The first-order chi connectivity index (χ1) is 7.07. The zero-order valence-electron chi connectivity index (χ0n) is 7.61. The van der Waals surface area contributed by atoms with E-state index in [2.05, 4.69) is 10.1 Å². The molecule has 0 atom stereocenters. The molecule has 0 aliphatic carbocycles. The van der Waals surface area contributed by atoms with Gasteiger partial charge in [0.15, 0.2) is 0 Å². The summed E-state index contributed by atoms with van der Waals surface area (Å²) in [5.41, 5.74) is 0.722. The Morgan fingerprint density at radius 3 is 2.33 bits per heavy atom. The van der Waals surface area contributed by atoms with Crippen LogP contribution in [0.2, 0.25) is 0 Å². The molecule has 0 saturated carbocycles. The van der Waals surface area contributed by atoms with Crippen LogP contribution in [-0.4, -0.2) is 23.2 Å². The van der Waals surface area contributed by atoms with Crippen LogP contribution < -0.4 is 5.14 Å². The highest BCUT2D eigenvalue weighted by atomic mass is 32.2. The standard InChI is InChI=1S/C8H8N4O2S/c9-15(13,14)8-3-1-7(2-4-8)12-6-10-5-11-12/h1-6H,(H2,9,13,14). The van der Waals surface area contributed by atoms with Crippen LogP contribution in [0, 0.1) is 0 Å². The van der Waals surface area contributed by atoms with Crippen molar-refractivity contribution in [3.05, 3.63) is 36.9 Å². The zero-order valence-corrected chi connectivity index (χ0v) is 8.42. The Balaban J connectivity index is 2.42. The van der Waals surface area contributed by atoms with E-state index in [0.29, 0.717) is 0 Å². The average Bonchev–Trinajstić information content (AvgIpc) is 2.69. The molecule has 0 fully saturated rings. The quantitative estimate of drug-likeness (QED) is 0.772. The van der Waals surface area contributed by atoms with Crippen molar-refractivity contribution in [2.45, 2.75) is 4.90 Å². The average molecular weight is 224 g/mol. The molecule has 0 aliphatic heterocycles. The highest BCUT2D eigenvalue weighted by Crippen LogP contribution is 2.10. The molecule has 0 radical (unpaired) electrons. The van der Waals surface area contributed by atoms with Gasteiger partial charge in [0, 0.05) is 0 Å². The van der Waals surface area contributed by atoms with Crippen LogP contribution in [0.3, 0.4) is 0 Å². The van der Waals surface area contributed by atoms with E-state index in [1.165, 1.54) is 29.5 Å². The van der Waals surface area contributed by atoms with E-state index in [0.717, 1.165) is 5.69 Å². The van der Waals surface area contributed by atoms with Gasteiger partial charge in [0.1, 0.15) is 12.7 Å². The molecule has 0 aliphatic rings. The van der Waals surface area contributed by atoms with E-state index < -0.39 is 10.0 Å². The maximum Gasteiger partial charge on any atom is 0.238 e. The number of primary sulfonamides is 1. The van der Waals surface area contributed by atoms with Crippen molar-refractivity contribution < 1.29 is 8.42 Å². The van der Waals surface area contributed by atoms with E-state index in [-0.39, 0.29) is 4.90 Å². The van der Waals surface area contributed by atoms with E-state index >= 15 is 0 Å². The predicted octanol–water partition coefficient (Wildman–Crippen LogP) is -0.0853. The first kappa shape index (κ1) is 9.81. The number of nitrogens with zero attached hydrogens (tertiary/aromatic N) is 3. The van der Waals surface area contributed by atoms with Gasteiger partial charge in [-0.25, -0.2) is 23.2 Å². The largest absolute Gasteiger partial charge is 0.238 e. The number of hydrogen-bond donors (Lipinski definition) is 1. The summed E-state index contributed by atoms with van der Waals surface area (Å²) in [6.07, 6.45) is 2.92. The van der Waals surface area contributed by atoms with Crippen LogP contribution in [0.5, 0.6) is 0 Å². The Bertz CT molecular complexity index is 545. The molecule has 15 heavy (non-hydrogen) atoms. The summed E-state index contributed by atoms with van der Waals surface area (Å²) in [7, 11) is -3.63. The summed E-state index contributed by atoms with van der Waals surface area (Å²) in [4.78, 5) is 3.85. The third kappa shape index (κ3) is 2.03. The van der Waals surface area contributed by atoms with Crippen LogP contribution in [0.15, 0.2) is 41.8 Å². The molecular weight excluding hydrogens is 216 g/mol. The Labute approximate surface area is 86.4 Å². The maximum atomic E-state index is 11.0. The molecule has 2 aromatic rings. The molecule has 78 valence electrons. The van der Waals surface area contributed by atoms with E-state index in [1.54, 1.807) is 12.1 Å². The van der Waals surface area contributed by atoms with Gasteiger partial charge >= 0.3 is 0 Å². The molecular formula is C8H8N4O2S. The SMILES string of the molecule is NS(=O)(=O)c1ccc(-n2cncn2)cc1. The summed E-state index contributed by atoms with van der Waals surface area (Å²) in [5, 5.41) is 8.87. The second-order valence-electron chi connectivity index (χ2n) is 2.88.